The molecule has 0 unspecified atom stereocenters. The van der Waals surface area contributed by atoms with Crippen LogP contribution in [0.25, 0.3) is 10.9 Å². The Morgan fingerprint density at radius 3 is 2.69 bits per heavy atom. The first-order valence-corrected chi connectivity index (χ1v) is 10.7. The van der Waals surface area contributed by atoms with Gasteiger partial charge in [-0.2, -0.15) is 13.2 Å². The van der Waals surface area contributed by atoms with Gasteiger partial charge in [0.15, 0.2) is 6.61 Å². The van der Waals surface area contributed by atoms with E-state index >= 15 is 0 Å². The van der Waals surface area contributed by atoms with Crippen LogP contribution in [0, 0.1) is 6.92 Å². The lowest BCUT2D eigenvalue weighted by atomic mass is 10.1. The van der Waals surface area contributed by atoms with Crippen molar-refractivity contribution in [3.8, 4) is 5.75 Å². The van der Waals surface area contributed by atoms with Crippen LogP contribution >= 0.6 is 0 Å². The summed E-state index contributed by atoms with van der Waals surface area (Å²) in [5, 5.41) is 13.1. The predicted octanol–water partition coefficient (Wildman–Crippen LogP) is 5.36. The van der Waals surface area contributed by atoms with E-state index in [9.17, 15) is 13.2 Å². The number of aliphatic hydroxyl groups is 1. The van der Waals surface area contributed by atoms with Gasteiger partial charge in [0.1, 0.15) is 17.1 Å². The molecule has 2 N–H and O–H groups in total. The molecule has 0 saturated carbocycles. The molecule has 0 aliphatic carbocycles. The fourth-order valence-corrected chi connectivity index (χ4v) is 4.14. The van der Waals surface area contributed by atoms with Gasteiger partial charge in [-0.25, -0.2) is 4.98 Å². The molecule has 3 aromatic rings. The van der Waals surface area contributed by atoms with Gasteiger partial charge in [-0.15, -0.1) is 0 Å². The largest absolute Gasteiger partial charge is 0.482 e. The zero-order valence-electron chi connectivity index (χ0n) is 17.9. The molecule has 0 atom stereocenters. The molecule has 2 aromatic carbocycles. The van der Waals surface area contributed by atoms with E-state index in [1.165, 1.54) is 6.07 Å². The quantitative estimate of drug-likeness (QED) is 0.457. The zero-order valence-corrected chi connectivity index (χ0v) is 17.9. The van der Waals surface area contributed by atoms with Crippen LogP contribution in [0.5, 0.6) is 5.75 Å². The van der Waals surface area contributed by atoms with Gasteiger partial charge in [0, 0.05) is 36.3 Å². The van der Waals surface area contributed by atoms with Crippen molar-refractivity contribution in [2.45, 2.75) is 32.4 Å². The number of ether oxygens (including phenoxy) is 1. The van der Waals surface area contributed by atoms with E-state index in [0.29, 0.717) is 24.3 Å². The van der Waals surface area contributed by atoms with Crippen molar-refractivity contribution in [1.29, 1.82) is 0 Å². The smallest absolute Gasteiger partial charge is 0.422 e. The van der Waals surface area contributed by atoms with Crippen molar-refractivity contribution in [2.75, 3.05) is 36.5 Å². The summed E-state index contributed by atoms with van der Waals surface area (Å²) >= 11 is 0. The fraction of sp³-hybridized carbons (Fsp3) is 0.375. The Labute approximate surface area is 184 Å². The second-order valence-corrected chi connectivity index (χ2v) is 7.89. The number of aromatic nitrogens is 1. The second-order valence-electron chi connectivity index (χ2n) is 7.89. The average molecular weight is 445 g/mol. The third-order valence-electron chi connectivity index (χ3n) is 5.58. The maximum absolute atomic E-state index is 12.8. The Hall–Kier alpha value is -3.00. The SMILES string of the molecule is Cc1ccccc1N1CCc2c(NCCCCO)nc3c(OCC(F)(F)F)cccc3c21. The highest BCUT2D eigenvalue weighted by atomic mass is 19.4. The van der Waals surface area contributed by atoms with Gasteiger partial charge in [-0.1, -0.05) is 30.3 Å². The Balaban J connectivity index is 1.82. The third kappa shape index (κ3) is 4.60. The number of pyridine rings is 1. The summed E-state index contributed by atoms with van der Waals surface area (Å²) in [5.74, 6) is 0.766. The number of anilines is 3. The molecular weight excluding hydrogens is 419 g/mol. The summed E-state index contributed by atoms with van der Waals surface area (Å²) in [6.07, 6.45) is -2.24. The summed E-state index contributed by atoms with van der Waals surface area (Å²) in [4.78, 5) is 6.91. The Morgan fingerprint density at radius 2 is 1.94 bits per heavy atom. The number of fused-ring (bicyclic) bond motifs is 3. The van der Waals surface area contributed by atoms with Gasteiger partial charge in [-0.3, -0.25) is 0 Å². The summed E-state index contributed by atoms with van der Waals surface area (Å²) < 4.78 is 43.6. The number of para-hydroxylation sites is 2. The van der Waals surface area contributed by atoms with E-state index in [-0.39, 0.29) is 12.4 Å². The average Bonchev–Trinajstić information content (AvgIpc) is 3.20. The van der Waals surface area contributed by atoms with Crippen LogP contribution in [0.2, 0.25) is 0 Å². The zero-order chi connectivity index (χ0) is 22.7. The van der Waals surface area contributed by atoms with E-state index < -0.39 is 12.8 Å². The number of rotatable bonds is 8. The lowest BCUT2D eigenvalue weighted by molar-refractivity contribution is -0.153. The maximum Gasteiger partial charge on any atom is 0.422 e. The molecule has 0 saturated heterocycles. The fourth-order valence-electron chi connectivity index (χ4n) is 4.14. The van der Waals surface area contributed by atoms with Crippen molar-refractivity contribution in [3.63, 3.8) is 0 Å². The lowest BCUT2D eigenvalue weighted by Gasteiger charge is -2.24. The van der Waals surface area contributed by atoms with Crippen molar-refractivity contribution < 1.29 is 23.0 Å². The number of alkyl halides is 3. The predicted molar refractivity (Wildman–Crippen MR) is 120 cm³/mol. The number of unbranched alkanes of at least 4 members (excludes halogenated alkanes) is 1. The third-order valence-corrected chi connectivity index (χ3v) is 5.58. The first-order valence-electron chi connectivity index (χ1n) is 10.7. The molecule has 0 fully saturated rings. The highest BCUT2D eigenvalue weighted by molar-refractivity contribution is 6.02. The molecule has 2 heterocycles. The first kappa shape index (κ1) is 22.2. The van der Waals surface area contributed by atoms with Gasteiger partial charge in [0.2, 0.25) is 0 Å². The summed E-state index contributed by atoms with van der Waals surface area (Å²) in [6.45, 7) is 2.15. The van der Waals surface area contributed by atoms with Crippen LogP contribution in [-0.4, -0.2) is 42.6 Å². The molecule has 0 spiro atoms. The van der Waals surface area contributed by atoms with Crippen LogP contribution in [0.15, 0.2) is 42.5 Å². The molecule has 170 valence electrons. The number of aryl methyl sites for hydroxylation is 1. The summed E-state index contributed by atoms with van der Waals surface area (Å²) in [6, 6.07) is 13.2. The molecule has 1 aromatic heterocycles. The number of hydrogen-bond donors (Lipinski definition) is 2. The van der Waals surface area contributed by atoms with Crippen LogP contribution in [-0.2, 0) is 6.42 Å². The highest BCUT2D eigenvalue weighted by Crippen LogP contribution is 2.45. The highest BCUT2D eigenvalue weighted by Gasteiger charge is 2.31. The van der Waals surface area contributed by atoms with Crippen molar-refractivity contribution >= 4 is 28.1 Å². The van der Waals surface area contributed by atoms with E-state index in [0.717, 1.165) is 47.3 Å². The van der Waals surface area contributed by atoms with Crippen LogP contribution in [0.1, 0.15) is 24.0 Å². The molecule has 1 aliphatic rings. The number of halogens is 3. The van der Waals surface area contributed by atoms with Gasteiger partial charge in [0.25, 0.3) is 0 Å². The van der Waals surface area contributed by atoms with Crippen LogP contribution < -0.4 is 15.0 Å². The summed E-state index contributed by atoms with van der Waals surface area (Å²) in [5.41, 5.74) is 4.57. The van der Waals surface area contributed by atoms with E-state index in [1.807, 2.05) is 31.2 Å². The molecule has 1 aliphatic heterocycles. The maximum atomic E-state index is 12.8. The van der Waals surface area contributed by atoms with Gasteiger partial charge in [-0.05, 0) is 43.9 Å². The topological polar surface area (TPSA) is 57.6 Å². The molecule has 4 rings (SSSR count). The van der Waals surface area contributed by atoms with E-state index in [4.69, 9.17) is 14.8 Å². The minimum absolute atomic E-state index is 0.109. The standard InChI is InChI=1S/C24H26F3N3O2/c1-16-7-2-3-9-19(16)30-13-11-18-22(30)17-8-6-10-20(32-15-24(25,26)27)21(17)29-23(18)28-12-4-5-14-31/h2-3,6-10,31H,4-5,11-15H2,1H3,(H,28,29). The molecule has 5 nitrogen and oxygen atoms in total. The van der Waals surface area contributed by atoms with Crippen molar-refractivity contribution in [2.24, 2.45) is 0 Å². The van der Waals surface area contributed by atoms with Crippen LogP contribution in [0.3, 0.4) is 0 Å². The number of benzene rings is 2. The minimum Gasteiger partial charge on any atom is -0.482 e. The van der Waals surface area contributed by atoms with E-state index in [1.54, 1.807) is 6.07 Å². The minimum atomic E-state index is -4.43. The number of nitrogens with one attached hydrogen (secondary N) is 1. The number of nitrogens with zero attached hydrogens (tertiary/aromatic N) is 2. The molecular formula is C24H26F3N3O2. The van der Waals surface area contributed by atoms with Gasteiger partial charge < -0.3 is 20.1 Å². The summed E-state index contributed by atoms with van der Waals surface area (Å²) in [7, 11) is 0. The first-order chi connectivity index (χ1) is 15.4. The van der Waals surface area contributed by atoms with Crippen LogP contribution in [0.4, 0.5) is 30.4 Å². The number of hydrogen-bond acceptors (Lipinski definition) is 5. The van der Waals surface area contributed by atoms with Gasteiger partial charge >= 0.3 is 6.18 Å². The Bertz CT molecular complexity index is 1100. The lowest BCUT2D eigenvalue weighted by Crippen LogP contribution is -2.19. The molecule has 0 radical (unpaired) electrons. The van der Waals surface area contributed by atoms with E-state index in [2.05, 4.69) is 16.3 Å². The molecule has 8 heteroatoms. The monoisotopic (exact) mass is 445 g/mol. The van der Waals surface area contributed by atoms with Gasteiger partial charge in [0.05, 0.1) is 5.69 Å². The Kier molecular flexibility index (Phi) is 6.41. The Morgan fingerprint density at radius 1 is 1.12 bits per heavy atom. The van der Waals surface area contributed by atoms with Crippen molar-refractivity contribution in [3.05, 3.63) is 53.6 Å². The van der Waals surface area contributed by atoms with Crippen molar-refractivity contribution in [1.82, 2.24) is 4.98 Å². The second kappa shape index (κ2) is 9.24. The number of aliphatic hydroxyl groups excluding tert-OH is 1. The normalized spacial score (nSPS) is 13.5. The molecule has 0 bridgehead atoms. The molecule has 32 heavy (non-hydrogen) atoms. The molecule has 0 amide bonds.